The van der Waals surface area contributed by atoms with Crippen molar-refractivity contribution >= 4 is 5.91 Å². The standard InChI is InChI=1S/C23H35N3O3/c1-7-28-11-12-29-16-19-10-8-9-18(13-19)15-24-22(27)20-14-21(17(2)3)26(25-20)23(4,5)6/h8-10,13-14,17H,7,11-12,15-16H2,1-6H3,(H,24,27). The van der Waals surface area contributed by atoms with Crippen LogP contribution in [0, 0.1) is 0 Å². The summed E-state index contributed by atoms with van der Waals surface area (Å²) >= 11 is 0. The van der Waals surface area contributed by atoms with E-state index >= 15 is 0 Å². The molecule has 1 aromatic carbocycles. The highest BCUT2D eigenvalue weighted by Crippen LogP contribution is 2.23. The summed E-state index contributed by atoms with van der Waals surface area (Å²) in [7, 11) is 0. The summed E-state index contributed by atoms with van der Waals surface area (Å²) in [6.45, 7) is 15.3. The molecule has 1 aromatic heterocycles. The van der Waals surface area contributed by atoms with Gasteiger partial charge in [-0.25, -0.2) is 0 Å². The highest BCUT2D eigenvalue weighted by molar-refractivity contribution is 5.92. The zero-order chi connectivity index (χ0) is 21.4. The van der Waals surface area contributed by atoms with Crippen LogP contribution >= 0.6 is 0 Å². The van der Waals surface area contributed by atoms with Gasteiger partial charge in [0.2, 0.25) is 0 Å². The van der Waals surface area contributed by atoms with Crippen LogP contribution in [0.15, 0.2) is 30.3 Å². The maximum Gasteiger partial charge on any atom is 0.272 e. The number of aromatic nitrogens is 2. The first-order valence-electron chi connectivity index (χ1n) is 10.3. The van der Waals surface area contributed by atoms with Gasteiger partial charge in [-0.2, -0.15) is 5.10 Å². The SMILES string of the molecule is CCOCCOCc1cccc(CNC(=O)c2cc(C(C)C)n(C(C)(C)C)n2)c1. The van der Waals surface area contributed by atoms with Crippen molar-refractivity contribution in [2.75, 3.05) is 19.8 Å². The molecule has 0 saturated carbocycles. The zero-order valence-corrected chi connectivity index (χ0v) is 18.6. The van der Waals surface area contributed by atoms with Crippen LogP contribution in [-0.4, -0.2) is 35.5 Å². The van der Waals surface area contributed by atoms with Gasteiger partial charge in [0, 0.05) is 18.8 Å². The number of carbonyl (C=O) groups is 1. The molecule has 0 aliphatic carbocycles. The highest BCUT2D eigenvalue weighted by Gasteiger charge is 2.23. The predicted octanol–water partition coefficient (Wildman–Crippen LogP) is 4.24. The van der Waals surface area contributed by atoms with Crippen LogP contribution in [0.5, 0.6) is 0 Å². The van der Waals surface area contributed by atoms with Gasteiger partial charge in [-0.15, -0.1) is 0 Å². The molecule has 1 N–H and O–H groups in total. The summed E-state index contributed by atoms with van der Waals surface area (Å²) in [5.41, 5.74) is 3.46. The van der Waals surface area contributed by atoms with Crippen molar-refractivity contribution in [3.63, 3.8) is 0 Å². The summed E-state index contributed by atoms with van der Waals surface area (Å²) in [5, 5.41) is 7.55. The first-order chi connectivity index (χ1) is 13.7. The Labute approximate surface area is 174 Å². The maximum absolute atomic E-state index is 12.7. The van der Waals surface area contributed by atoms with Crippen molar-refractivity contribution in [2.24, 2.45) is 0 Å². The Morgan fingerprint density at radius 1 is 1.14 bits per heavy atom. The lowest BCUT2D eigenvalue weighted by Gasteiger charge is -2.23. The summed E-state index contributed by atoms with van der Waals surface area (Å²) in [4.78, 5) is 12.7. The van der Waals surface area contributed by atoms with Crippen LogP contribution < -0.4 is 5.32 Å². The molecule has 0 aliphatic heterocycles. The topological polar surface area (TPSA) is 65.4 Å². The molecule has 0 spiro atoms. The molecule has 0 fully saturated rings. The maximum atomic E-state index is 12.7. The van der Waals surface area contributed by atoms with Crippen LogP contribution in [0.3, 0.4) is 0 Å². The van der Waals surface area contributed by atoms with Gasteiger partial charge in [0.05, 0.1) is 25.4 Å². The molecule has 160 valence electrons. The quantitative estimate of drug-likeness (QED) is 0.605. The fourth-order valence-corrected chi connectivity index (χ4v) is 3.01. The van der Waals surface area contributed by atoms with E-state index in [1.807, 2.05) is 41.9 Å². The van der Waals surface area contributed by atoms with Gasteiger partial charge in [0.1, 0.15) is 5.69 Å². The summed E-state index contributed by atoms with van der Waals surface area (Å²) in [5.74, 6) is 0.135. The molecule has 1 amide bonds. The second kappa shape index (κ2) is 10.6. The van der Waals surface area contributed by atoms with Gasteiger partial charge in [0.25, 0.3) is 5.91 Å². The lowest BCUT2D eigenvalue weighted by Crippen LogP contribution is -2.27. The second-order valence-electron chi connectivity index (χ2n) is 8.44. The Balaban J connectivity index is 1.96. The van der Waals surface area contributed by atoms with E-state index < -0.39 is 0 Å². The summed E-state index contributed by atoms with van der Waals surface area (Å²) < 4.78 is 12.8. The molecule has 0 bridgehead atoms. The van der Waals surface area contributed by atoms with E-state index in [4.69, 9.17) is 9.47 Å². The van der Waals surface area contributed by atoms with E-state index in [1.165, 1.54) is 0 Å². The molecule has 2 aromatic rings. The molecule has 6 heteroatoms. The lowest BCUT2D eigenvalue weighted by molar-refractivity contribution is 0.0453. The highest BCUT2D eigenvalue weighted by atomic mass is 16.5. The van der Waals surface area contributed by atoms with Gasteiger partial charge in [-0.05, 0) is 50.8 Å². The number of rotatable bonds is 10. The summed E-state index contributed by atoms with van der Waals surface area (Å²) in [6, 6.07) is 9.94. The van der Waals surface area contributed by atoms with E-state index in [2.05, 4.69) is 45.0 Å². The molecular weight excluding hydrogens is 366 g/mol. The average molecular weight is 402 g/mol. The number of hydrogen-bond acceptors (Lipinski definition) is 4. The minimum atomic E-state index is -0.172. The van der Waals surface area contributed by atoms with Crippen molar-refractivity contribution in [3.05, 3.63) is 52.8 Å². The van der Waals surface area contributed by atoms with Crippen LogP contribution in [0.4, 0.5) is 0 Å². The van der Waals surface area contributed by atoms with Gasteiger partial charge in [-0.1, -0.05) is 38.1 Å². The largest absolute Gasteiger partial charge is 0.379 e. The minimum Gasteiger partial charge on any atom is -0.379 e. The molecule has 29 heavy (non-hydrogen) atoms. The summed E-state index contributed by atoms with van der Waals surface area (Å²) in [6.07, 6.45) is 0. The Bertz CT molecular complexity index is 791. The van der Waals surface area contributed by atoms with Gasteiger partial charge < -0.3 is 14.8 Å². The van der Waals surface area contributed by atoms with E-state index in [-0.39, 0.29) is 11.4 Å². The third-order valence-electron chi connectivity index (χ3n) is 4.49. The third-order valence-corrected chi connectivity index (χ3v) is 4.49. The first-order valence-corrected chi connectivity index (χ1v) is 10.3. The van der Waals surface area contributed by atoms with Crippen molar-refractivity contribution in [3.8, 4) is 0 Å². The lowest BCUT2D eigenvalue weighted by atomic mass is 10.1. The number of ether oxygens (including phenoxy) is 2. The molecule has 2 rings (SSSR count). The number of nitrogens with one attached hydrogen (secondary N) is 1. The fourth-order valence-electron chi connectivity index (χ4n) is 3.01. The van der Waals surface area contributed by atoms with Crippen molar-refractivity contribution in [1.29, 1.82) is 0 Å². The van der Waals surface area contributed by atoms with Crippen LogP contribution in [-0.2, 0) is 28.2 Å². The molecule has 1 heterocycles. The first kappa shape index (κ1) is 23.1. The zero-order valence-electron chi connectivity index (χ0n) is 18.6. The third kappa shape index (κ3) is 6.98. The second-order valence-corrected chi connectivity index (χ2v) is 8.44. The van der Waals surface area contributed by atoms with E-state index in [0.717, 1.165) is 16.8 Å². The number of hydrogen-bond donors (Lipinski definition) is 1. The Hall–Kier alpha value is -2.18. The molecular formula is C23H35N3O3. The number of amides is 1. The number of carbonyl (C=O) groups excluding carboxylic acids is 1. The smallest absolute Gasteiger partial charge is 0.272 e. The fraction of sp³-hybridized carbons (Fsp3) is 0.565. The number of benzene rings is 1. The molecule has 0 unspecified atom stereocenters. The molecule has 0 atom stereocenters. The van der Waals surface area contributed by atoms with Crippen molar-refractivity contribution < 1.29 is 14.3 Å². The van der Waals surface area contributed by atoms with Crippen LogP contribution in [0.25, 0.3) is 0 Å². The molecule has 0 aliphatic rings. The van der Waals surface area contributed by atoms with Crippen molar-refractivity contribution in [2.45, 2.75) is 66.2 Å². The van der Waals surface area contributed by atoms with Gasteiger partial charge >= 0.3 is 0 Å². The number of nitrogens with zero attached hydrogens (tertiary/aromatic N) is 2. The predicted molar refractivity (Wildman–Crippen MR) is 115 cm³/mol. The van der Waals surface area contributed by atoms with E-state index in [9.17, 15) is 4.79 Å². The monoisotopic (exact) mass is 401 g/mol. The minimum absolute atomic E-state index is 0.159. The molecule has 0 saturated heterocycles. The van der Waals surface area contributed by atoms with Gasteiger partial charge in [-0.3, -0.25) is 9.48 Å². The van der Waals surface area contributed by atoms with E-state index in [1.54, 1.807) is 0 Å². The van der Waals surface area contributed by atoms with Crippen molar-refractivity contribution in [1.82, 2.24) is 15.1 Å². The Morgan fingerprint density at radius 2 is 1.83 bits per heavy atom. The molecule has 0 radical (unpaired) electrons. The van der Waals surface area contributed by atoms with Crippen LogP contribution in [0.1, 0.15) is 74.8 Å². The van der Waals surface area contributed by atoms with Gasteiger partial charge in [0.15, 0.2) is 0 Å². The Kier molecular flexibility index (Phi) is 8.41. The van der Waals surface area contributed by atoms with Crippen LogP contribution in [0.2, 0.25) is 0 Å². The van der Waals surface area contributed by atoms with E-state index in [0.29, 0.717) is 44.6 Å². The Morgan fingerprint density at radius 3 is 2.45 bits per heavy atom. The molecule has 6 nitrogen and oxygen atoms in total. The normalized spacial score (nSPS) is 11.8. The average Bonchev–Trinajstić information content (AvgIpc) is 3.13.